The van der Waals surface area contributed by atoms with E-state index in [2.05, 4.69) is 11.4 Å². The van der Waals surface area contributed by atoms with E-state index < -0.39 is 0 Å². The van der Waals surface area contributed by atoms with Crippen molar-refractivity contribution in [1.29, 1.82) is 5.26 Å². The number of nitrogens with one attached hydrogen (secondary N) is 1. The van der Waals surface area contributed by atoms with Crippen molar-refractivity contribution in [2.75, 3.05) is 11.9 Å². The molecule has 0 spiro atoms. The van der Waals surface area contributed by atoms with E-state index in [4.69, 9.17) is 4.42 Å². The van der Waals surface area contributed by atoms with Gasteiger partial charge < -0.3 is 9.73 Å². The highest BCUT2D eigenvalue weighted by molar-refractivity contribution is 5.77. The lowest BCUT2D eigenvalue weighted by molar-refractivity contribution is 0.233. The number of hydrogen-bond acceptors (Lipinski definition) is 4. The van der Waals surface area contributed by atoms with Crippen molar-refractivity contribution in [3.8, 4) is 6.07 Å². The van der Waals surface area contributed by atoms with Gasteiger partial charge in [0.05, 0.1) is 17.0 Å². The molecule has 0 radical (unpaired) electrons. The van der Waals surface area contributed by atoms with Crippen molar-refractivity contribution in [3.05, 3.63) is 28.7 Å². The first-order chi connectivity index (χ1) is 9.13. The first-order valence-corrected chi connectivity index (χ1v) is 6.38. The highest BCUT2D eigenvalue weighted by atomic mass is 16.4. The summed E-state index contributed by atoms with van der Waals surface area (Å²) < 4.78 is 6.61. The van der Waals surface area contributed by atoms with E-state index in [9.17, 15) is 10.1 Å². The average Bonchev–Trinajstić information content (AvgIpc) is 2.64. The van der Waals surface area contributed by atoms with Gasteiger partial charge in [-0.25, -0.2) is 4.79 Å². The van der Waals surface area contributed by atoms with Crippen LogP contribution < -0.4 is 11.1 Å². The van der Waals surface area contributed by atoms with Crippen LogP contribution in [0, 0.1) is 16.7 Å². The third-order valence-electron chi connectivity index (χ3n) is 3.97. The maximum absolute atomic E-state index is 11.4. The van der Waals surface area contributed by atoms with Crippen molar-refractivity contribution < 1.29 is 4.42 Å². The molecular formula is C14H15N3O2. The molecule has 19 heavy (non-hydrogen) atoms. The Kier molecular flexibility index (Phi) is 2.59. The van der Waals surface area contributed by atoms with Crippen LogP contribution in [0.25, 0.3) is 11.1 Å². The lowest BCUT2D eigenvalue weighted by Gasteiger charge is -2.35. The summed E-state index contributed by atoms with van der Waals surface area (Å²) in [5, 5.41) is 12.4. The Labute approximate surface area is 110 Å². The Bertz CT molecular complexity index is 716. The molecule has 1 heterocycles. The number of nitrogens with zero attached hydrogens (tertiary/aromatic N) is 2. The minimum atomic E-state index is -0.361. The smallest absolute Gasteiger partial charge is 0.408 e. The van der Waals surface area contributed by atoms with Crippen LogP contribution in [0.2, 0.25) is 0 Å². The Morgan fingerprint density at radius 2 is 2.32 bits per heavy atom. The second kappa shape index (κ2) is 4.16. The maximum Gasteiger partial charge on any atom is 0.419 e. The van der Waals surface area contributed by atoms with E-state index in [0.29, 0.717) is 12.1 Å². The van der Waals surface area contributed by atoms with Gasteiger partial charge in [-0.2, -0.15) is 5.26 Å². The predicted molar refractivity (Wildman–Crippen MR) is 71.8 cm³/mol. The largest absolute Gasteiger partial charge is 0.419 e. The highest BCUT2D eigenvalue weighted by Crippen LogP contribution is 2.40. The van der Waals surface area contributed by atoms with E-state index in [1.54, 1.807) is 13.1 Å². The molecule has 0 bridgehead atoms. The molecule has 98 valence electrons. The molecule has 5 nitrogen and oxygen atoms in total. The summed E-state index contributed by atoms with van der Waals surface area (Å²) in [6, 6.07) is 7.95. The molecule has 1 fully saturated rings. The fraction of sp³-hybridized carbons (Fsp3) is 0.429. The van der Waals surface area contributed by atoms with E-state index >= 15 is 0 Å². The van der Waals surface area contributed by atoms with E-state index in [-0.39, 0.29) is 11.2 Å². The summed E-state index contributed by atoms with van der Waals surface area (Å²) >= 11 is 0. The van der Waals surface area contributed by atoms with Gasteiger partial charge in [0, 0.05) is 25.3 Å². The molecule has 1 aromatic carbocycles. The molecule has 0 unspecified atom stereocenters. The van der Waals surface area contributed by atoms with Crippen LogP contribution in [0.1, 0.15) is 19.3 Å². The molecule has 1 aliphatic rings. The monoisotopic (exact) mass is 257 g/mol. The molecule has 2 aromatic rings. The summed E-state index contributed by atoms with van der Waals surface area (Å²) in [6.07, 6.45) is 3.04. The minimum absolute atomic E-state index is 0.216. The van der Waals surface area contributed by atoms with Crippen molar-refractivity contribution in [2.24, 2.45) is 12.5 Å². The number of anilines is 1. The number of fused-ring (bicyclic) bond motifs is 1. The molecule has 1 N–H and O–H groups in total. The van der Waals surface area contributed by atoms with Crippen molar-refractivity contribution >= 4 is 16.8 Å². The van der Waals surface area contributed by atoms with Crippen molar-refractivity contribution in [3.63, 3.8) is 0 Å². The molecule has 0 saturated heterocycles. The minimum Gasteiger partial charge on any atom is -0.408 e. The van der Waals surface area contributed by atoms with Gasteiger partial charge in [-0.05, 0) is 25.0 Å². The second-order valence-corrected chi connectivity index (χ2v) is 5.21. The zero-order chi connectivity index (χ0) is 13.5. The number of rotatable bonds is 3. The summed E-state index contributed by atoms with van der Waals surface area (Å²) in [7, 11) is 1.68. The average molecular weight is 257 g/mol. The number of hydrogen-bond donors (Lipinski definition) is 1. The van der Waals surface area contributed by atoms with Crippen LogP contribution >= 0.6 is 0 Å². The number of benzene rings is 1. The number of aromatic nitrogens is 1. The summed E-state index contributed by atoms with van der Waals surface area (Å²) in [5.74, 6) is -0.361. The van der Waals surface area contributed by atoms with Gasteiger partial charge in [0.25, 0.3) is 0 Å². The van der Waals surface area contributed by atoms with Crippen LogP contribution in [0.3, 0.4) is 0 Å². The van der Waals surface area contributed by atoms with E-state index in [0.717, 1.165) is 30.5 Å². The van der Waals surface area contributed by atoms with Crippen LogP contribution in [0.5, 0.6) is 0 Å². The van der Waals surface area contributed by atoms with Gasteiger partial charge in [-0.1, -0.05) is 6.42 Å². The third kappa shape index (κ3) is 1.89. The topological polar surface area (TPSA) is 71.0 Å². The van der Waals surface area contributed by atoms with Crippen LogP contribution in [0.15, 0.2) is 27.4 Å². The van der Waals surface area contributed by atoms with Gasteiger partial charge >= 0.3 is 5.76 Å². The zero-order valence-electron chi connectivity index (χ0n) is 10.8. The van der Waals surface area contributed by atoms with Gasteiger partial charge in [0.15, 0.2) is 5.58 Å². The van der Waals surface area contributed by atoms with Crippen LogP contribution in [-0.2, 0) is 7.05 Å². The van der Waals surface area contributed by atoms with Gasteiger partial charge in [-0.15, -0.1) is 0 Å². The van der Waals surface area contributed by atoms with Crippen molar-refractivity contribution in [1.82, 2.24) is 4.57 Å². The molecule has 0 amide bonds. The van der Waals surface area contributed by atoms with Crippen molar-refractivity contribution in [2.45, 2.75) is 19.3 Å². The number of oxazole rings is 1. The summed E-state index contributed by atoms with van der Waals surface area (Å²) in [4.78, 5) is 11.4. The lowest BCUT2D eigenvalue weighted by atomic mass is 9.70. The SMILES string of the molecule is Cn1c(=O)oc2cc(NCC3(C#N)CCC3)ccc21. The fourth-order valence-corrected chi connectivity index (χ4v) is 2.45. The second-order valence-electron chi connectivity index (χ2n) is 5.21. The molecule has 1 saturated carbocycles. The maximum atomic E-state index is 11.4. The Hall–Kier alpha value is -2.22. The Morgan fingerprint density at radius 3 is 2.95 bits per heavy atom. The predicted octanol–water partition coefficient (Wildman–Crippen LogP) is 2.24. The first kappa shape index (κ1) is 11.8. The van der Waals surface area contributed by atoms with Gasteiger partial charge in [0.1, 0.15) is 0 Å². The highest BCUT2D eigenvalue weighted by Gasteiger charge is 2.36. The third-order valence-corrected chi connectivity index (χ3v) is 3.97. The van der Waals surface area contributed by atoms with Crippen LogP contribution in [0.4, 0.5) is 5.69 Å². The standard InChI is InChI=1S/C14H15N3O2/c1-17-11-4-3-10(7-12(11)19-13(17)18)16-9-14(8-15)5-2-6-14/h3-4,7,16H,2,5-6,9H2,1H3. The zero-order valence-corrected chi connectivity index (χ0v) is 10.8. The number of nitriles is 1. The van der Waals surface area contributed by atoms with Crippen LogP contribution in [-0.4, -0.2) is 11.1 Å². The van der Waals surface area contributed by atoms with Gasteiger partial charge in [-0.3, -0.25) is 4.57 Å². The molecule has 0 atom stereocenters. The quantitative estimate of drug-likeness (QED) is 0.915. The molecule has 1 aromatic heterocycles. The van der Waals surface area contributed by atoms with Gasteiger partial charge in [0.2, 0.25) is 0 Å². The summed E-state index contributed by atoms with van der Waals surface area (Å²) in [6.45, 7) is 0.645. The van der Waals surface area contributed by atoms with E-state index in [1.807, 2.05) is 12.1 Å². The molecule has 1 aliphatic carbocycles. The molecule has 3 rings (SSSR count). The molecular weight excluding hydrogens is 242 g/mol. The molecule has 5 heteroatoms. The molecule has 0 aliphatic heterocycles. The number of aryl methyl sites for hydroxylation is 1. The van der Waals surface area contributed by atoms with E-state index in [1.165, 1.54) is 4.57 Å². The fourth-order valence-electron chi connectivity index (χ4n) is 2.45. The Balaban J connectivity index is 1.82. The first-order valence-electron chi connectivity index (χ1n) is 6.38. The Morgan fingerprint density at radius 1 is 1.53 bits per heavy atom. The lowest BCUT2D eigenvalue weighted by Crippen LogP contribution is -2.34. The summed E-state index contributed by atoms with van der Waals surface area (Å²) in [5.41, 5.74) is 2.00. The normalized spacial score (nSPS) is 16.8.